The van der Waals surface area contributed by atoms with E-state index < -0.39 is 10.0 Å². The van der Waals surface area contributed by atoms with Crippen LogP contribution in [0.3, 0.4) is 0 Å². The predicted octanol–water partition coefficient (Wildman–Crippen LogP) is 3.52. The molecule has 2 aromatic carbocycles. The molecule has 5 nitrogen and oxygen atoms in total. The highest BCUT2D eigenvalue weighted by molar-refractivity contribution is 7.92. The summed E-state index contributed by atoms with van der Waals surface area (Å²) in [5.41, 5.74) is 3.84. The van der Waals surface area contributed by atoms with Crippen molar-refractivity contribution >= 4 is 27.3 Å². The lowest BCUT2D eigenvalue weighted by molar-refractivity contribution is -0.118. The second kappa shape index (κ2) is 8.13. The number of hydrogen-bond acceptors (Lipinski definition) is 3. The highest BCUT2D eigenvalue weighted by Crippen LogP contribution is 2.27. The molecular weight excluding hydrogens is 360 g/mol. The summed E-state index contributed by atoms with van der Waals surface area (Å²) in [6.45, 7) is 2.95. The fourth-order valence-electron chi connectivity index (χ4n) is 3.57. The summed E-state index contributed by atoms with van der Waals surface area (Å²) in [7, 11) is -3.40. The first-order valence-corrected chi connectivity index (χ1v) is 11.1. The molecule has 0 spiro atoms. The summed E-state index contributed by atoms with van der Waals surface area (Å²) in [5.74, 6) is 0.0554. The number of para-hydroxylation sites is 1. The molecule has 27 heavy (non-hydrogen) atoms. The van der Waals surface area contributed by atoms with Crippen LogP contribution in [0.4, 0.5) is 11.4 Å². The van der Waals surface area contributed by atoms with Crippen molar-refractivity contribution < 1.29 is 13.2 Å². The lowest BCUT2D eigenvalue weighted by atomic mass is 10.0. The molecule has 144 valence electrons. The van der Waals surface area contributed by atoms with Gasteiger partial charge in [-0.2, -0.15) is 0 Å². The van der Waals surface area contributed by atoms with Gasteiger partial charge in [0.15, 0.2) is 0 Å². The first-order valence-electron chi connectivity index (χ1n) is 9.29. The normalized spacial score (nSPS) is 13.9. The fourth-order valence-corrected chi connectivity index (χ4v) is 4.53. The number of sulfonamides is 1. The molecule has 0 bridgehead atoms. The van der Waals surface area contributed by atoms with Gasteiger partial charge in [-0.3, -0.25) is 9.10 Å². The quantitative estimate of drug-likeness (QED) is 0.763. The number of nitrogens with zero attached hydrogens (tertiary/aromatic N) is 2. The molecule has 0 atom stereocenters. The largest absolute Gasteiger partial charge is 0.312 e. The maximum absolute atomic E-state index is 12.7. The highest BCUT2D eigenvalue weighted by atomic mass is 32.2. The van der Waals surface area contributed by atoms with Gasteiger partial charge in [-0.1, -0.05) is 30.3 Å². The Balaban J connectivity index is 1.67. The van der Waals surface area contributed by atoms with Crippen LogP contribution in [0.15, 0.2) is 48.5 Å². The predicted molar refractivity (Wildman–Crippen MR) is 110 cm³/mol. The molecule has 1 heterocycles. The second-order valence-electron chi connectivity index (χ2n) is 7.06. The summed E-state index contributed by atoms with van der Waals surface area (Å²) in [4.78, 5) is 14.6. The van der Waals surface area contributed by atoms with Crippen LogP contribution in [0.2, 0.25) is 0 Å². The Morgan fingerprint density at radius 3 is 2.67 bits per heavy atom. The van der Waals surface area contributed by atoms with Gasteiger partial charge in [0.25, 0.3) is 0 Å². The smallest absolute Gasteiger partial charge is 0.232 e. The van der Waals surface area contributed by atoms with Gasteiger partial charge < -0.3 is 4.90 Å². The Labute approximate surface area is 161 Å². The second-order valence-corrected chi connectivity index (χ2v) is 8.96. The SMILES string of the molecule is Cc1cccc(N(CCCC(=O)N2CCCc3ccccc32)S(C)(=O)=O)c1. The molecular formula is C21H26N2O3S. The number of aryl methyl sites for hydroxylation is 2. The third kappa shape index (κ3) is 4.69. The molecule has 0 unspecified atom stereocenters. The van der Waals surface area contributed by atoms with Crippen LogP contribution >= 0.6 is 0 Å². The number of carbonyl (C=O) groups is 1. The number of amides is 1. The zero-order chi connectivity index (χ0) is 19.4. The summed E-state index contributed by atoms with van der Waals surface area (Å²) >= 11 is 0. The van der Waals surface area contributed by atoms with E-state index in [1.807, 2.05) is 48.2 Å². The van der Waals surface area contributed by atoms with Gasteiger partial charge in [0, 0.05) is 25.2 Å². The number of carbonyl (C=O) groups excluding carboxylic acids is 1. The molecule has 0 aromatic heterocycles. The zero-order valence-corrected chi connectivity index (χ0v) is 16.7. The first-order chi connectivity index (χ1) is 12.9. The zero-order valence-electron chi connectivity index (χ0n) is 15.9. The van der Waals surface area contributed by atoms with Crippen molar-refractivity contribution in [2.75, 3.05) is 28.6 Å². The number of rotatable bonds is 6. The van der Waals surface area contributed by atoms with E-state index in [1.54, 1.807) is 6.07 Å². The van der Waals surface area contributed by atoms with E-state index in [2.05, 4.69) is 6.07 Å². The van der Waals surface area contributed by atoms with E-state index in [9.17, 15) is 13.2 Å². The van der Waals surface area contributed by atoms with Gasteiger partial charge in [0.2, 0.25) is 15.9 Å². The maximum atomic E-state index is 12.7. The minimum Gasteiger partial charge on any atom is -0.312 e. The summed E-state index contributed by atoms with van der Waals surface area (Å²) in [6, 6.07) is 15.4. The molecule has 3 rings (SSSR count). The summed E-state index contributed by atoms with van der Waals surface area (Å²) in [5, 5.41) is 0. The average Bonchev–Trinajstić information content (AvgIpc) is 2.63. The van der Waals surface area contributed by atoms with Crippen LogP contribution in [0.1, 0.15) is 30.4 Å². The van der Waals surface area contributed by atoms with Crippen molar-refractivity contribution in [2.45, 2.75) is 32.6 Å². The van der Waals surface area contributed by atoms with Crippen LogP contribution in [-0.2, 0) is 21.2 Å². The number of anilines is 2. The maximum Gasteiger partial charge on any atom is 0.232 e. The van der Waals surface area contributed by atoms with E-state index in [0.29, 0.717) is 25.1 Å². The van der Waals surface area contributed by atoms with Crippen molar-refractivity contribution in [1.82, 2.24) is 0 Å². The molecule has 0 saturated carbocycles. The lowest BCUT2D eigenvalue weighted by Gasteiger charge is -2.30. The highest BCUT2D eigenvalue weighted by Gasteiger charge is 2.23. The first kappa shape index (κ1) is 19.4. The van der Waals surface area contributed by atoms with Crippen LogP contribution in [0.25, 0.3) is 0 Å². The minimum atomic E-state index is -3.40. The molecule has 0 fully saturated rings. The molecule has 2 aromatic rings. The van der Waals surface area contributed by atoms with Gasteiger partial charge in [0.1, 0.15) is 0 Å². The van der Waals surface area contributed by atoms with Crippen molar-refractivity contribution in [1.29, 1.82) is 0 Å². The van der Waals surface area contributed by atoms with Crippen LogP contribution in [0, 0.1) is 6.92 Å². The Hall–Kier alpha value is -2.34. The molecule has 6 heteroatoms. The van der Waals surface area contributed by atoms with Crippen molar-refractivity contribution in [2.24, 2.45) is 0 Å². The molecule has 1 aliphatic rings. The van der Waals surface area contributed by atoms with E-state index >= 15 is 0 Å². The van der Waals surface area contributed by atoms with Gasteiger partial charge >= 0.3 is 0 Å². The minimum absolute atomic E-state index is 0.0554. The van der Waals surface area contributed by atoms with E-state index in [0.717, 1.165) is 30.6 Å². The van der Waals surface area contributed by atoms with Crippen LogP contribution in [0.5, 0.6) is 0 Å². The third-order valence-corrected chi connectivity index (χ3v) is 6.05. The van der Waals surface area contributed by atoms with Crippen LogP contribution in [-0.4, -0.2) is 33.7 Å². The lowest BCUT2D eigenvalue weighted by Crippen LogP contribution is -2.36. The number of fused-ring (bicyclic) bond motifs is 1. The average molecular weight is 387 g/mol. The topological polar surface area (TPSA) is 57.7 Å². The number of hydrogen-bond donors (Lipinski definition) is 0. The van der Waals surface area contributed by atoms with Gasteiger partial charge in [0.05, 0.1) is 11.9 Å². The third-order valence-electron chi connectivity index (χ3n) is 4.85. The molecule has 1 aliphatic heterocycles. The standard InChI is InChI=1S/C21H26N2O3S/c1-17-8-5-11-19(16-17)23(27(2,25)26)15-7-13-21(24)22-14-6-10-18-9-3-4-12-20(18)22/h3-5,8-9,11-12,16H,6-7,10,13-15H2,1-2H3. The summed E-state index contributed by atoms with van der Waals surface area (Å²) < 4.78 is 25.8. The van der Waals surface area contributed by atoms with E-state index in [-0.39, 0.29) is 5.91 Å². The van der Waals surface area contributed by atoms with Crippen molar-refractivity contribution in [3.8, 4) is 0 Å². The molecule has 0 saturated heterocycles. The molecule has 0 N–H and O–H groups in total. The number of benzene rings is 2. The van der Waals surface area contributed by atoms with Crippen LogP contribution < -0.4 is 9.21 Å². The van der Waals surface area contributed by atoms with Gasteiger partial charge in [-0.15, -0.1) is 0 Å². The van der Waals surface area contributed by atoms with Gasteiger partial charge in [-0.25, -0.2) is 8.42 Å². The molecule has 0 aliphatic carbocycles. The molecule has 1 amide bonds. The van der Waals surface area contributed by atoms with Crippen molar-refractivity contribution in [3.05, 3.63) is 59.7 Å². The Morgan fingerprint density at radius 1 is 1.15 bits per heavy atom. The fraction of sp³-hybridized carbons (Fsp3) is 0.381. The van der Waals surface area contributed by atoms with Crippen molar-refractivity contribution in [3.63, 3.8) is 0 Å². The Morgan fingerprint density at radius 2 is 1.93 bits per heavy atom. The van der Waals surface area contributed by atoms with E-state index in [1.165, 1.54) is 16.1 Å². The Bertz CT molecular complexity index is 925. The van der Waals surface area contributed by atoms with Gasteiger partial charge in [-0.05, 0) is 55.5 Å². The Kier molecular flexibility index (Phi) is 5.85. The molecule has 0 radical (unpaired) electrons. The van der Waals surface area contributed by atoms with E-state index in [4.69, 9.17) is 0 Å². The monoisotopic (exact) mass is 386 g/mol. The summed E-state index contributed by atoms with van der Waals surface area (Å²) in [6.07, 6.45) is 3.97.